The van der Waals surface area contributed by atoms with E-state index in [0.717, 1.165) is 41.4 Å². The summed E-state index contributed by atoms with van der Waals surface area (Å²) >= 11 is 6.29. The highest BCUT2D eigenvalue weighted by molar-refractivity contribution is 6.30. The molecule has 2 heterocycles. The number of hydrogen-bond acceptors (Lipinski definition) is 4. The van der Waals surface area contributed by atoms with Gasteiger partial charge in [-0.15, -0.1) is 0 Å². The molecule has 0 saturated carbocycles. The molecule has 5 rings (SSSR count). The van der Waals surface area contributed by atoms with Gasteiger partial charge >= 0.3 is 0 Å². The second-order valence-electron chi connectivity index (χ2n) is 10.4. The highest BCUT2D eigenvalue weighted by Crippen LogP contribution is 2.20. The first kappa shape index (κ1) is 25.7. The molecule has 2 amide bonds. The second kappa shape index (κ2) is 11.6. The Hall–Kier alpha value is -2.93. The summed E-state index contributed by atoms with van der Waals surface area (Å²) < 4.78 is 0. The zero-order valence-electron chi connectivity index (χ0n) is 21.4. The van der Waals surface area contributed by atoms with Crippen LogP contribution in [0, 0.1) is 6.92 Å². The molecular weight excluding hydrogens is 484 g/mol. The van der Waals surface area contributed by atoms with Gasteiger partial charge in [0.05, 0.1) is 6.04 Å². The molecule has 0 aromatic heterocycles. The third-order valence-electron chi connectivity index (χ3n) is 7.43. The number of carbonyl (C=O) groups is 2. The number of benzene rings is 3. The van der Waals surface area contributed by atoms with E-state index in [1.54, 1.807) is 0 Å². The molecule has 2 aliphatic rings. The van der Waals surface area contributed by atoms with Crippen LogP contribution in [0.4, 0.5) is 0 Å². The summed E-state index contributed by atoms with van der Waals surface area (Å²) in [6.07, 6.45) is 3.12. The number of carbonyl (C=O) groups excluding carboxylic acids is 2. The quantitative estimate of drug-likeness (QED) is 0.487. The maximum atomic E-state index is 13.7. The Labute approximate surface area is 224 Å². The van der Waals surface area contributed by atoms with E-state index in [4.69, 9.17) is 11.6 Å². The van der Waals surface area contributed by atoms with Crippen molar-refractivity contribution in [2.24, 2.45) is 0 Å². The third-order valence-corrected chi connectivity index (χ3v) is 7.65. The summed E-state index contributed by atoms with van der Waals surface area (Å²) in [7, 11) is 0. The van der Waals surface area contributed by atoms with E-state index >= 15 is 0 Å². The molecule has 37 heavy (non-hydrogen) atoms. The topological polar surface area (TPSA) is 64.7 Å². The maximum absolute atomic E-state index is 13.7. The second-order valence-corrected chi connectivity index (χ2v) is 10.8. The molecule has 6 nitrogen and oxygen atoms in total. The summed E-state index contributed by atoms with van der Waals surface area (Å²) in [6, 6.07) is 19.5. The lowest BCUT2D eigenvalue weighted by atomic mass is 10.1. The van der Waals surface area contributed by atoms with Gasteiger partial charge in [-0.2, -0.15) is 0 Å². The highest BCUT2D eigenvalue weighted by Gasteiger charge is 2.33. The van der Waals surface area contributed by atoms with Crippen molar-refractivity contribution in [3.05, 3.63) is 82.4 Å². The molecule has 0 aliphatic carbocycles. The number of nitrogens with zero attached hydrogens (tertiary/aromatic N) is 2. The Kier molecular flexibility index (Phi) is 8.08. The number of rotatable bonds is 7. The number of fused-ring (bicyclic) bond motifs is 1. The van der Waals surface area contributed by atoms with Crippen molar-refractivity contribution in [3.63, 3.8) is 0 Å². The predicted octanol–water partition coefficient (Wildman–Crippen LogP) is 4.39. The van der Waals surface area contributed by atoms with Gasteiger partial charge in [-0.3, -0.25) is 9.59 Å². The number of amides is 2. The van der Waals surface area contributed by atoms with Crippen LogP contribution in [0.1, 0.15) is 40.7 Å². The molecule has 2 aliphatic heterocycles. The van der Waals surface area contributed by atoms with Gasteiger partial charge in [-0.05, 0) is 85.4 Å². The molecular formula is C30H35ClN4O2. The van der Waals surface area contributed by atoms with Crippen molar-refractivity contribution in [2.45, 2.75) is 44.8 Å². The van der Waals surface area contributed by atoms with E-state index in [9.17, 15) is 9.59 Å². The van der Waals surface area contributed by atoms with Gasteiger partial charge in [-0.1, -0.05) is 48.0 Å². The summed E-state index contributed by atoms with van der Waals surface area (Å²) in [5.74, 6) is 0.0263. The van der Waals surface area contributed by atoms with E-state index < -0.39 is 0 Å². The van der Waals surface area contributed by atoms with Crippen LogP contribution >= 0.6 is 11.6 Å². The standard InChI is InChI=1S/C30H35ClN4O2/c1-21-14-22(16-26(31)15-21)19-35-13-10-27(33-28(30(35)37)20-34-11-4-5-12-34)18-32-29(36)25-9-8-23-6-2-3-7-24(23)17-25/h2-3,6-9,14-17,27-28,33H,4-5,10-13,18-20H2,1H3,(H,32,36). The number of halogens is 1. The highest BCUT2D eigenvalue weighted by atomic mass is 35.5. The third kappa shape index (κ3) is 6.50. The molecule has 2 N–H and O–H groups in total. The lowest BCUT2D eigenvalue weighted by molar-refractivity contribution is -0.133. The number of hydrogen-bond donors (Lipinski definition) is 2. The minimum absolute atomic E-state index is 0.00653. The molecule has 2 atom stereocenters. The summed E-state index contributed by atoms with van der Waals surface area (Å²) in [4.78, 5) is 30.9. The first-order valence-corrected chi connectivity index (χ1v) is 13.6. The fourth-order valence-electron chi connectivity index (χ4n) is 5.53. The van der Waals surface area contributed by atoms with Gasteiger partial charge in [0.2, 0.25) is 5.91 Å². The summed E-state index contributed by atoms with van der Waals surface area (Å²) in [6.45, 7) is 6.41. The molecule has 0 spiro atoms. The van der Waals surface area contributed by atoms with E-state index in [1.165, 1.54) is 12.8 Å². The van der Waals surface area contributed by atoms with Gasteiger partial charge in [0.1, 0.15) is 0 Å². The fraction of sp³-hybridized carbons (Fsp3) is 0.400. The summed E-state index contributed by atoms with van der Waals surface area (Å²) in [5, 5.41) is 9.55. The average molecular weight is 519 g/mol. The Morgan fingerprint density at radius 1 is 1.03 bits per heavy atom. The minimum atomic E-state index is -0.302. The van der Waals surface area contributed by atoms with Crippen molar-refractivity contribution in [3.8, 4) is 0 Å². The number of nitrogens with one attached hydrogen (secondary N) is 2. The first-order valence-electron chi connectivity index (χ1n) is 13.2. The lowest BCUT2D eigenvalue weighted by Crippen LogP contribution is -2.53. The van der Waals surface area contributed by atoms with Gasteiger partial charge in [0, 0.05) is 42.8 Å². The van der Waals surface area contributed by atoms with Crippen LogP contribution in [-0.2, 0) is 11.3 Å². The van der Waals surface area contributed by atoms with Crippen molar-refractivity contribution < 1.29 is 9.59 Å². The molecule has 3 aromatic carbocycles. The van der Waals surface area contributed by atoms with E-state index in [1.807, 2.05) is 66.4 Å². The molecule has 2 unspecified atom stereocenters. The largest absolute Gasteiger partial charge is 0.350 e. The van der Waals surface area contributed by atoms with Crippen LogP contribution in [0.3, 0.4) is 0 Å². The van der Waals surface area contributed by atoms with Crippen molar-refractivity contribution in [2.75, 3.05) is 32.7 Å². The van der Waals surface area contributed by atoms with Gasteiger partial charge in [0.25, 0.3) is 5.91 Å². The van der Waals surface area contributed by atoms with E-state index in [-0.39, 0.29) is 23.9 Å². The monoisotopic (exact) mass is 518 g/mol. The molecule has 2 fully saturated rings. The van der Waals surface area contributed by atoms with Crippen LogP contribution in [-0.4, -0.2) is 66.4 Å². The molecule has 3 aromatic rings. The number of likely N-dealkylation sites (tertiary alicyclic amines) is 1. The smallest absolute Gasteiger partial charge is 0.251 e. The normalized spacial score (nSPS) is 20.8. The Morgan fingerprint density at radius 3 is 2.59 bits per heavy atom. The van der Waals surface area contributed by atoms with Gasteiger partial charge < -0.3 is 20.4 Å². The summed E-state index contributed by atoms with van der Waals surface area (Å²) in [5.41, 5.74) is 2.78. The fourth-order valence-corrected chi connectivity index (χ4v) is 5.84. The van der Waals surface area contributed by atoms with Crippen molar-refractivity contribution in [1.29, 1.82) is 0 Å². The Balaban J connectivity index is 1.27. The zero-order chi connectivity index (χ0) is 25.8. The van der Waals surface area contributed by atoms with E-state index in [2.05, 4.69) is 21.6 Å². The maximum Gasteiger partial charge on any atom is 0.251 e. The van der Waals surface area contributed by atoms with Crippen LogP contribution in [0.2, 0.25) is 5.02 Å². The minimum Gasteiger partial charge on any atom is -0.350 e. The number of aryl methyl sites for hydroxylation is 1. The van der Waals surface area contributed by atoms with Crippen LogP contribution in [0.25, 0.3) is 10.8 Å². The zero-order valence-corrected chi connectivity index (χ0v) is 22.1. The molecule has 0 radical (unpaired) electrons. The molecule has 194 valence electrons. The van der Waals surface area contributed by atoms with Gasteiger partial charge in [0.15, 0.2) is 0 Å². The first-order chi connectivity index (χ1) is 17.9. The van der Waals surface area contributed by atoms with E-state index in [0.29, 0.717) is 36.8 Å². The average Bonchev–Trinajstić information content (AvgIpc) is 3.35. The molecule has 0 bridgehead atoms. The van der Waals surface area contributed by atoms with Crippen LogP contribution in [0.15, 0.2) is 60.7 Å². The van der Waals surface area contributed by atoms with Crippen LogP contribution in [0.5, 0.6) is 0 Å². The van der Waals surface area contributed by atoms with Crippen molar-refractivity contribution in [1.82, 2.24) is 20.4 Å². The van der Waals surface area contributed by atoms with Crippen LogP contribution < -0.4 is 10.6 Å². The van der Waals surface area contributed by atoms with Gasteiger partial charge in [-0.25, -0.2) is 0 Å². The Morgan fingerprint density at radius 2 is 1.81 bits per heavy atom. The lowest BCUT2D eigenvalue weighted by Gasteiger charge is -2.28. The van der Waals surface area contributed by atoms with Crippen molar-refractivity contribution >= 4 is 34.2 Å². The molecule has 7 heteroatoms. The SMILES string of the molecule is Cc1cc(Cl)cc(CN2CCC(CNC(=O)c3ccc4ccccc4c3)NC(CN3CCCC3)C2=O)c1. The Bertz CT molecular complexity index is 1250. The molecule has 2 saturated heterocycles. The predicted molar refractivity (Wildman–Crippen MR) is 149 cm³/mol.